The molecule has 0 bridgehead atoms. The zero-order chi connectivity index (χ0) is 21.9. The van der Waals surface area contributed by atoms with E-state index in [2.05, 4.69) is 15.2 Å². The molecule has 0 spiro atoms. The van der Waals surface area contributed by atoms with Crippen LogP contribution < -0.4 is 5.32 Å². The van der Waals surface area contributed by atoms with Crippen LogP contribution in [0.2, 0.25) is 0 Å². The van der Waals surface area contributed by atoms with E-state index in [1.165, 1.54) is 0 Å². The number of rotatable bonds is 7. The van der Waals surface area contributed by atoms with Gasteiger partial charge in [0.15, 0.2) is 0 Å². The van der Waals surface area contributed by atoms with Crippen molar-refractivity contribution in [3.8, 4) is 0 Å². The molecule has 3 heterocycles. The van der Waals surface area contributed by atoms with Crippen LogP contribution in [0.4, 0.5) is 0 Å². The van der Waals surface area contributed by atoms with Gasteiger partial charge in [0, 0.05) is 55.3 Å². The summed E-state index contributed by atoms with van der Waals surface area (Å²) in [6.45, 7) is 3.15. The van der Waals surface area contributed by atoms with Crippen molar-refractivity contribution < 1.29 is 9.59 Å². The van der Waals surface area contributed by atoms with Gasteiger partial charge in [-0.25, -0.2) is 4.98 Å². The van der Waals surface area contributed by atoms with E-state index in [1.807, 2.05) is 64.2 Å². The average Bonchev–Trinajstić information content (AvgIpc) is 3.52. The number of benzene rings is 1. The van der Waals surface area contributed by atoms with Crippen molar-refractivity contribution >= 4 is 29.2 Å². The van der Waals surface area contributed by atoms with Crippen molar-refractivity contribution in [2.24, 2.45) is 0 Å². The number of carbonyl (C=O) groups is 2. The molecule has 32 heavy (non-hydrogen) atoms. The fraction of sp³-hybridized carbons (Fsp3) is 0.375. The lowest BCUT2D eigenvalue weighted by Crippen LogP contribution is -2.51. The maximum atomic E-state index is 13.3. The minimum Gasteiger partial charge on any atom is -0.352 e. The summed E-state index contributed by atoms with van der Waals surface area (Å²) in [6, 6.07) is 14.1. The third-order valence-electron chi connectivity index (χ3n) is 5.88. The zero-order valence-corrected chi connectivity index (χ0v) is 18.8. The van der Waals surface area contributed by atoms with Gasteiger partial charge in [0.1, 0.15) is 5.65 Å². The summed E-state index contributed by atoms with van der Waals surface area (Å²) in [4.78, 5) is 35.0. The van der Waals surface area contributed by atoms with Crippen LogP contribution in [0.5, 0.6) is 0 Å². The van der Waals surface area contributed by atoms with Gasteiger partial charge in [0.2, 0.25) is 5.91 Å². The molecule has 1 saturated carbocycles. The molecule has 166 valence electrons. The second kappa shape index (κ2) is 9.34. The molecule has 7 nitrogen and oxygen atoms in total. The first-order chi connectivity index (χ1) is 15.7. The van der Waals surface area contributed by atoms with Gasteiger partial charge in [-0.3, -0.25) is 14.5 Å². The SMILES string of the molecule is O=C(CN1CCN(C(=O)c2ccccc2SCc2cn3ccccc3n2)CC1)NC1CC1. The Labute approximate surface area is 191 Å². The van der Waals surface area contributed by atoms with Crippen LogP contribution in [-0.4, -0.2) is 69.8 Å². The maximum Gasteiger partial charge on any atom is 0.255 e. The Kier molecular flexibility index (Phi) is 6.14. The summed E-state index contributed by atoms with van der Waals surface area (Å²) < 4.78 is 2.01. The molecular weight excluding hydrogens is 422 g/mol. The van der Waals surface area contributed by atoms with Gasteiger partial charge in [-0.05, 0) is 37.1 Å². The van der Waals surface area contributed by atoms with E-state index in [4.69, 9.17) is 0 Å². The van der Waals surface area contributed by atoms with Crippen LogP contribution in [0.1, 0.15) is 28.9 Å². The van der Waals surface area contributed by atoms with E-state index in [1.54, 1.807) is 11.8 Å². The highest BCUT2D eigenvalue weighted by Gasteiger charge is 2.27. The predicted molar refractivity (Wildman–Crippen MR) is 125 cm³/mol. The van der Waals surface area contributed by atoms with Gasteiger partial charge in [0.05, 0.1) is 17.8 Å². The number of amides is 2. The summed E-state index contributed by atoms with van der Waals surface area (Å²) in [7, 11) is 0. The van der Waals surface area contributed by atoms with Gasteiger partial charge in [0.25, 0.3) is 5.91 Å². The van der Waals surface area contributed by atoms with Crippen molar-refractivity contribution in [2.75, 3.05) is 32.7 Å². The Balaban J connectivity index is 1.18. The van der Waals surface area contributed by atoms with E-state index in [-0.39, 0.29) is 11.8 Å². The molecule has 2 amide bonds. The largest absolute Gasteiger partial charge is 0.352 e. The van der Waals surface area contributed by atoms with Crippen LogP contribution in [0.3, 0.4) is 0 Å². The molecule has 1 aromatic carbocycles. The lowest BCUT2D eigenvalue weighted by molar-refractivity contribution is -0.122. The molecule has 0 unspecified atom stereocenters. The standard InChI is InChI=1S/C24H27N5O2S/c30-23(26-18-8-9-18)16-27-11-13-28(14-12-27)24(31)20-5-1-2-6-21(20)32-17-19-15-29-10-4-3-7-22(29)25-19/h1-7,10,15,18H,8-9,11-14,16-17H2,(H,26,30). The molecule has 2 aromatic heterocycles. The molecule has 1 aliphatic carbocycles. The van der Waals surface area contributed by atoms with Gasteiger partial charge >= 0.3 is 0 Å². The second-order valence-corrected chi connectivity index (χ2v) is 9.41. The Morgan fingerprint density at radius 3 is 2.59 bits per heavy atom. The number of piperazine rings is 1. The third-order valence-corrected chi connectivity index (χ3v) is 6.98. The fourth-order valence-electron chi connectivity index (χ4n) is 3.96. The Bertz CT molecular complexity index is 1090. The van der Waals surface area contributed by atoms with Crippen LogP contribution >= 0.6 is 11.8 Å². The summed E-state index contributed by atoms with van der Waals surface area (Å²) >= 11 is 1.64. The Morgan fingerprint density at radius 1 is 1.03 bits per heavy atom. The number of fused-ring (bicyclic) bond motifs is 1. The molecule has 3 aromatic rings. The number of aromatic nitrogens is 2. The topological polar surface area (TPSA) is 70.0 Å². The minimum atomic E-state index is 0.0604. The van der Waals surface area contributed by atoms with Crippen molar-refractivity contribution in [1.82, 2.24) is 24.5 Å². The lowest BCUT2D eigenvalue weighted by atomic mass is 10.2. The van der Waals surface area contributed by atoms with E-state index < -0.39 is 0 Å². The number of nitrogens with zero attached hydrogens (tertiary/aromatic N) is 4. The van der Waals surface area contributed by atoms with Crippen LogP contribution in [-0.2, 0) is 10.5 Å². The normalized spacial score (nSPS) is 16.9. The molecule has 1 N–H and O–H groups in total. The summed E-state index contributed by atoms with van der Waals surface area (Å²) in [5.41, 5.74) is 2.65. The first kappa shape index (κ1) is 21.0. The monoisotopic (exact) mass is 449 g/mol. The first-order valence-corrected chi connectivity index (χ1v) is 12.1. The Morgan fingerprint density at radius 2 is 1.81 bits per heavy atom. The average molecular weight is 450 g/mol. The summed E-state index contributed by atoms with van der Waals surface area (Å²) in [6.07, 6.45) is 6.22. The number of nitrogens with one attached hydrogen (secondary N) is 1. The van der Waals surface area contributed by atoms with Crippen molar-refractivity contribution in [3.05, 3.63) is 66.1 Å². The van der Waals surface area contributed by atoms with E-state index in [0.29, 0.717) is 31.4 Å². The predicted octanol–water partition coefficient (Wildman–Crippen LogP) is 2.66. The molecule has 0 atom stereocenters. The van der Waals surface area contributed by atoms with Gasteiger partial charge in [-0.15, -0.1) is 11.8 Å². The number of pyridine rings is 1. The third kappa shape index (κ3) is 4.97. The summed E-state index contributed by atoms with van der Waals surface area (Å²) in [5.74, 6) is 0.863. The van der Waals surface area contributed by atoms with Crippen LogP contribution in [0.15, 0.2) is 59.8 Å². The number of thioether (sulfide) groups is 1. The van der Waals surface area contributed by atoms with Crippen LogP contribution in [0, 0.1) is 0 Å². The van der Waals surface area contributed by atoms with Crippen molar-refractivity contribution in [3.63, 3.8) is 0 Å². The molecule has 2 aliphatic rings. The molecule has 2 fully saturated rings. The highest BCUT2D eigenvalue weighted by atomic mass is 32.2. The summed E-state index contributed by atoms with van der Waals surface area (Å²) in [5, 5.41) is 3.03. The van der Waals surface area contributed by atoms with Crippen molar-refractivity contribution in [2.45, 2.75) is 29.5 Å². The number of hydrogen-bond acceptors (Lipinski definition) is 5. The quantitative estimate of drug-likeness (QED) is 0.562. The minimum absolute atomic E-state index is 0.0604. The first-order valence-electron chi connectivity index (χ1n) is 11.1. The van der Waals surface area contributed by atoms with E-state index in [9.17, 15) is 9.59 Å². The van der Waals surface area contributed by atoms with Crippen molar-refractivity contribution in [1.29, 1.82) is 0 Å². The number of imidazole rings is 1. The maximum absolute atomic E-state index is 13.3. The number of carbonyl (C=O) groups excluding carboxylic acids is 2. The molecular formula is C24H27N5O2S. The highest BCUT2D eigenvalue weighted by Crippen LogP contribution is 2.27. The zero-order valence-electron chi connectivity index (χ0n) is 17.9. The molecule has 0 radical (unpaired) electrons. The smallest absolute Gasteiger partial charge is 0.255 e. The lowest BCUT2D eigenvalue weighted by Gasteiger charge is -2.34. The van der Waals surface area contributed by atoms with E-state index >= 15 is 0 Å². The van der Waals surface area contributed by atoms with E-state index in [0.717, 1.165) is 47.7 Å². The molecule has 8 heteroatoms. The van der Waals surface area contributed by atoms with Gasteiger partial charge < -0.3 is 14.6 Å². The second-order valence-electron chi connectivity index (χ2n) is 8.39. The molecule has 1 saturated heterocycles. The number of hydrogen-bond donors (Lipinski definition) is 1. The molecule has 1 aliphatic heterocycles. The van der Waals surface area contributed by atoms with Crippen LogP contribution in [0.25, 0.3) is 5.65 Å². The van der Waals surface area contributed by atoms with Gasteiger partial charge in [-0.1, -0.05) is 18.2 Å². The molecule has 5 rings (SSSR count). The highest BCUT2D eigenvalue weighted by molar-refractivity contribution is 7.98. The Hall–Kier alpha value is -2.84. The fourth-order valence-corrected chi connectivity index (χ4v) is 4.89. The van der Waals surface area contributed by atoms with Gasteiger partial charge in [-0.2, -0.15) is 0 Å².